The van der Waals surface area contributed by atoms with Crippen LogP contribution in [0.4, 0.5) is 4.79 Å². The largest absolute Gasteiger partial charge is 0.481 e. The van der Waals surface area contributed by atoms with Gasteiger partial charge in [-0.3, -0.25) is 9.59 Å². The number of carbonyl (C=O) groups excluding carboxylic acids is 1. The Hall–Kier alpha value is -2.81. The average molecular weight is 437 g/mol. The molecule has 0 unspecified atom stereocenters. The molecule has 2 aromatic rings. The number of aromatic nitrogens is 2. The fraction of sp³-hybridized carbons (Fsp3) is 0.500. The molecule has 2 heterocycles. The van der Waals surface area contributed by atoms with E-state index in [9.17, 15) is 24.6 Å². The number of fused-ring (bicyclic) bond motifs is 1. The van der Waals surface area contributed by atoms with Crippen LogP contribution in [0.25, 0.3) is 11.0 Å². The zero-order valence-corrected chi connectivity index (χ0v) is 17.8. The van der Waals surface area contributed by atoms with Crippen LogP contribution in [0.2, 0.25) is 5.02 Å². The van der Waals surface area contributed by atoms with Crippen molar-refractivity contribution in [1.29, 1.82) is 0 Å². The van der Waals surface area contributed by atoms with Crippen molar-refractivity contribution < 1.29 is 24.6 Å². The Morgan fingerprint density at radius 1 is 1.37 bits per heavy atom. The lowest BCUT2D eigenvalue weighted by Gasteiger charge is -2.45. The van der Waals surface area contributed by atoms with E-state index in [1.54, 1.807) is 18.2 Å². The summed E-state index contributed by atoms with van der Waals surface area (Å²) in [6.07, 6.45) is -1.06. The number of nitrogens with zero attached hydrogens (tertiary/aromatic N) is 3. The van der Waals surface area contributed by atoms with Crippen molar-refractivity contribution in [2.75, 3.05) is 19.6 Å². The summed E-state index contributed by atoms with van der Waals surface area (Å²) in [4.78, 5) is 46.8. The van der Waals surface area contributed by atoms with Crippen LogP contribution in [0.15, 0.2) is 18.2 Å². The summed E-state index contributed by atoms with van der Waals surface area (Å²) < 4.78 is 0. The average Bonchev–Trinajstić information content (AvgIpc) is 3.10. The molecule has 1 aliphatic rings. The molecule has 2 atom stereocenters. The third kappa shape index (κ3) is 4.21. The smallest absolute Gasteiger partial charge is 0.407 e. The van der Waals surface area contributed by atoms with Crippen molar-refractivity contribution in [1.82, 2.24) is 19.8 Å². The number of aromatic amines is 1. The maximum absolute atomic E-state index is 13.4. The molecule has 162 valence electrons. The van der Waals surface area contributed by atoms with Crippen LogP contribution in [0.1, 0.15) is 37.8 Å². The van der Waals surface area contributed by atoms with Gasteiger partial charge in [0.25, 0.3) is 5.91 Å². The van der Waals surface area contributed by atoms with Gasteiger partial charge in [-0.25, -0.2) is 9.78 Å². The normalized spacial score (nSPS) is 21.8. The minimum Gasteiger partial charge on any atom is -0.481 e. The summed E-state index contributed by atoms with van der Waals surface area (Å²) in [7, 11) is 0. The Labute approximate surface area is 178 Å². The van der Waals surface area contributed by atoms with Crippen LogP contribution in [-0.4, -0.2) is 73.6 Å². The summed E-state index contributed by atoms with van der Waals surface area (Å²) >= 11 is 6.17. The molecule has 0 aliphatic carbocycles. The Kier molecular flexibility index (Phi) is 5.94. The fourth-order valence-electron chi connectivity index (χ4n) is 3.92. The number of nitrogens with one attached hydrogen (secondary N) is 1. The maximum atomic E-state index is 13.4. The number of carboxylic acids is 1. The molecule has 1 fully saturated rings. The van der Waals surface area contributed by atoms with Gasteiger partial charge < -0.3 is 25.0 Å². The van der Waals surface area contributed by atoms with Crippen molar-refractivity contribution in [3.63, 3.8) is 0 Å². The van der Waals surface area contributed by atoms with Gasteiger partial charge in [0.05, 0.1) is 22.0 Å². The van der Waals surface area contributed by atoms with Gasteiger partial charge in [0, 0.05) is 19.6 Å². The number of para-hydroxylation sites is 1. The Bertz CT molecular complexity index is 991. The Morgan fingerprint density at radius 2 is 2.07 bits per heavy atom. The van der Waals surface area contributed by atoms with E-state index >= 15 is 0 Å². The Morgan fingerprint density at radius 3 is 2.63 bits per heavy atom. The van der Waals surface area contributed by atoms with E-state index in [1.807, 2.05) is 13.8 Å². The molecule has 0 radical (unpaired) electrons. The lowest BCUT2D eigenvalue weighted by Crippen LogP contribution is -2.59. The number of H-pyrrole nitrogens is 1. The third-order valence-electron chi connectivity index (χ3n) is 5.37. The number of hydrogen-bond donors (Lipinski definition) is 3. The summed E-state index contributed by atoms with van der Waals surface area (Å²) in [6.45, 7) is 5.62. The van der Waals surface area contributed by atoms with E-state index < -0.39 is 29.4 Å². The fourth-order valence-corrected chi connectivity index (χ4v) is 4.14. The highest BCUT2D eigenvalue weighted by molar-refractivity contribution is 6.35. The zero-order chi connectivity index (χ0) is 22.2. The summed E-state index contributed by atoms with van der Waals surface area (Å²) in [6, 6.07) is 4.57. The summed E-state index contributed by atoms with van der Waals surface area (Å²) in [5, 5.41) is 19.6. The lowest BCUT2D eigenvalue weighted by molar-refractivity contribution is -0.152. The molecule has 0 bridgehead atoms. The van der Waals surface area contributed by atoms with E-state index in [1.165, 1.54) is 11.8 Å². The first kappa shape index (κ1) is 21.9. The second-order valence-electron chi connectivity index (χ2n) is 8.46. The molecule has 2 amide bonds. The van der Waals surface area contributed by atoms with Gasteiger partial charge >= 0.3 is 12.1 Å². The standard InChI is InChI=1S/C20H25ClN4O5/c1-11(2)8-25(12-7-20(3,18(27)28)10-24(9-12)19(29)30)17(26)16-22-14-6-4-5-13(21)15(14)23-16/h4-6,11-12H,7-10H2,1-3H3,(H,22,23)(H,27,28)(H,29,30)/t12-,20+/m0/s1. The summed E-state index contributed by atoms with van der Waals surface area (Å²) in [5.74, 6) is -1.34. The topological polar surface area (TPSA) is 127 Å². The van der Waals surface area contributed by atoms with Gasteiger partial charge in [0.2, 0.25) is 0 Å². The highest BCUT2D eigenvalue weighted by atomic mass is 35.5. The van der Waals surface area contributed by atoms with Crippen LogP contribution in [0.3, 0.4) is 0 Å². The first-order valence-corrected chi connectivity index (χ1v) is 10.1. The van der Waals surface area contributed by atoms with E-state index in [0.29, 0.717) is 22.6 Å². The number of halogens is 1. The molecule has 1 aromatic heterocycles. The van der Waals surface area contributed by atoms with Crippen molar-refractivity contribution in [3.05, 3.63) is 29.0 Å². The minimum atomic E-state index is -1.30. The van der Waals surface area contributed by atoms with Gasteiger partial charge in [-0.2, -0.15) is 0 Å². The van der Waals surface area contributed by atoms with Crippen LogP contribution in [0.5, 0.6) is 0 Å². The number of benzene rings is 1. The lowest BCUT2D eigenvalue weighted by atomic mass is 9.79. The number of carbonyl (C=O) groups is 3. The van der Waals surface area contributed by atoms with Gasteiger partial charge in [-0.15, -0.1) is 0 Å². The number of aliphatic carboxylic acids is 1. The molecular weight excluding hydrogens is 412 g/mol. The van der Waals surface area contributed by atoms with Gasteiger partial charge in [0.15, 0.2) is 5.82 Å². The first-order valence-electron chi connectivity index (χ1n) is 9.68. The number of likely N-dealkylation sites (tertiary alicyclic amines) is 1. The first-order chi connectivity index (χ1) is 14.0. The quantitative estimate of drug-likeness (QED) is 0.660. The molecule has 0 saturated carbocycles. The second-order valence-corrected chi connectivity index (χ2v) is 8.87. The van der Waals surface area contributed by atoms with Crippen LogP contribution >= 0.6 is 11.6 Å². The number of amides is 2. The predicted octanol–water partition coefficient (Wildman–Crippen LogP) is 3.16. The number of imidazole rings is 1. The van der Waals surface area contributed by atoms with Crippen molar-refractivity contribution >= 4 is 40.6 Å². The number of rotatable bonds is 5. The highest BCUT2D eigenvalue weighted by Gasteiger charge is 2.46. The highest BCUT2D eigenvalue weighted by Crippen LogP contribution is 2.33. The van der Waals surface area contributed by atoms with Crippen molar-refractivity contribution in [2.45, 2.75) is 33.2 Å². The monoisotopic (exact) mass is 436 g/mol. The summed E-state index contributed by atoms with van der Waals surface area (Å²) in [5.41, 5.74) is -0.215. The third-order valence-corrected chi connectivity index (χ3v) is 5.68. The maximum Gasteiger partial charge on any atom is 0.407 e. The molecule has 9 nitrogen and oxygen atoms in total. The molecule has 30 heavy (non-hydrogen) atoms. The van der Waals surface area contributed by atoms with E-state index in [-0.39, 0.29) is 31.3 Å². The number of carboxylic acid groups (broad SMARTS) is 2. The molecular formula is C20H25ClN4O5. The van der Waals surface area contributed by atoms with Crippen molar-refractivity contribution in [3.8, 4) is 0 Å². The minimum absolute atomic E-state index is 0.0393. The SMILES string of the molecule is CC(C)CN(C(=O)c1nc2c(Cl)cccc2[nH]1)[C@@H]1CN(C(=O)O)C[C@](C)(C(=O)O)C1. The van der Waals surface area contributed by atoms with Crippen LogP contribution < -0.4 is 0 Å². The molecule has 1 aromatic carbocycles. The van der Waals surface area contributed by atoms with Gasteiger partial charge in [0.1, 0.15) is 5.52 Å². The van der Waals surface area contributed by atoms with Crippen LogP contribution in [0, 0.1) is 11.3 Å². The molecule has 0 spiro atoms. The Balaban J connectivity index is 1.99. The molecule has 1 saturated heterocycles. The predicted molar refractivity (Wildman–Crippen MR) is 111 cm³/mol. The van der Waals surface area contributed by atoms with E-state index in [0.717, 1.165) is 4.90 Å². The van der Waals surface area contributed by atoms with E-state index in [4.69, 9.17) is 11.6 Å². The van der Waals surface area contributed by atoms with E-state index in [2.05, 4.69) is 9.97 Å². The number of hydrogen-bond acceptors (Lipinski definition) is 4. The van der Waals surface area contributed by atoms with Gasteiger partial charge in [-0.1, -0.05) is 31.5 Å². The molecule has 3 N–H and O–H groups in total. The van der Waals surface area contributed by atoms with Crippen LogP contribution in [-0.2, 0) is 4.79 Å². The number of piperidine rings is 1. The second kappa shape index (κ2) is 8.14. The molecule has 10 heteroatoms. The van der Waals surface area contributed by atoms with Gasteiger partial charge in [-0.05, 0) is 31.4 Å². The molecule has 3 rings (SSSR count). The zero-order valence-electron chi connectivity index (χ0n) is 17.1. The van der Waals surface area contributed by atoms with Crippen molar-refractivity contribution in [2.24, 2.45) is 11.3 Å². The molecule has 1 aliphatic heterocycles.